The van der Waals surface area contributed by atoms with Crippen molar-refractivity contribution in [2.75, 3.05) is 12.4 Å². The minimum absolute atomic E-state index is 0.0780. The summed E-state index contributed by atoms with van der Waals surface area (Å²) in [7, 11) is 0. The van der Waals surface area contributed by atoms with E-state index in [1.807, 2.05) is 0 Å². The van der Waals surface area contributed by atoms with Gasteiger partial charge in [-0.15, -0.1) is 0 Å². The second kappa shape index (κ2) is 4.62. The molecular formula is C11H22O3S. The van der Waals surface area contributed by atoms with Gasteiger partial charge < -0.3 is 14.9 Å². The molecule has 1 aliphatic rings. The van der Waals surface area contributed by atoms with E-state index in [9.17, 15) is 5.11 Å². The van der Waals surface area contributed by atoms with Gasteiger partial charge in [0.15, 0.2) is 0 Å². The average molecular weight is 234 g/mol. The molecule has 1 fully saturated rings. The Balaban J connectivity index is 2.48. The van der Waals surface area contributed by atoms with E-state index in [4.69, 9.17) is 9.84 Å². The summed E-state index contributed by atoms with van der Waals surface area (Å²) in [6.45, 7) is 8.20. The van der Waals surface area contributed by atoms with Gasteiger partial charge >= 0.3 is 0 Å². The van der Waals surface area contributed by atoms with E-state index in [2.05, 4.69) is 27.7 Å². The Kier molecular flexibility index (Phi) is 4.09. The van der Waals surface area contributed by atoms with E-state index in [0.717, 1.165) is 6.42 Å². The first-order chi connectivity index (χ1) is 6.77. The summed E-state index contributed by atoms with van der Waals surface area (Å²) >= 11 is 1.69. The molecule has 1 heterocycles. The third-order valence-corrected chi connectivity index (χ3v) is 4.41. The van der Waals surface area contributed by atoms with Crippen molar-refractivity contribution in [3.8, 4) is 0 Å². The van der Waals surface area contributed by atoms with Gasteiger partial charge in [-0.05, 0) is 34.1 Å². The molecular weight excluding hydrogens is 212 g/mol. The summed E-state index contributed by atoms with van der Waals surface area (Å²) in [5.74, 6) is 0.573. The molecule has 0 aromatic rings. The van der Waals surface area contributed by atoms with E-state index in [1.165, 1.54) is 0 Å². The number of hydrogen-bond acceptors (Lipinski definition) is 4. The number of aliphatic hydroxyl groups is 2. The van der Waals surface area contributed by atoms with E-state index in [0.29, 0.717) is 11.0 Å². The van der Waals surface area contributed by atoms with Crippen molar-refractivity contribution < 1.29 is 14.9 Å². The SMILES string of the molecule is CC1(C)CC(SCC(O)CO)C(C)(C)O1. The molecule has 4 heteroatoms. The monoisotopic (exact) mass is 234 g/mol. The van der Waals surface area contributed by atoms with Crippen LogP contribution in [0.25, 0.3) is 0 Å². The van der Waals surface area contributed by atoms with Crippen molar-refractivity contribution in [2.24, 2.45) is 0 Å². The average Bonchev–Trinajstić information content (AvgIpc) is 2.29. The number of aliphatic hydroxyl groups excluding tert-OH is 2. The van der Waals surface area contributed by atoms with E-state index in [-0.39, 0.29) is 17.8 Å². The third-order valence-electron chi connectivity index (χ3n) is 2.69. The molecule has 0 aliphatic carbocycles. The molecule has 90 valence electrons. The summed E-state index contributed by atoms with van der Waals surface area (Å²) in [5.41, 5.74) is -0.228. The smallest absolute Gasteiger partial charge is 0.0861 e. The van der Waals surface area contributed by atoms with Crippen LogP contribution in [0.5, 0.6) is 0 Å². The molecule has 2 atom stereocenters. The molecule has 0 radical (unpaired) electrons. The first-order valence-electron chi connectivity index (χ1n) is 5.37. The molecule has 0 bridgehead atoms. The fourth-order valence-corrected chi connectivity index (χ4v) is 3.58. The van der Waals surface area contributed by atoms with Crippen molar-refractivity contribution in [3.05, 3.63) is 0 Å². The highest BCUT2D eigenvalue weighted by atomic mass is 32.2. The quantitative estimate of drug-likeness (QED) is 0.772. The van der Waals surface area contributed by atoms with Gasteiger partial charge in [0.1, 0.15) is 0 Å². The van der Waals surface area contributed by atoms with Gasteiger partial charge in [-0.2, -0.15) is 11.8 Å². The Morgan fingerprint density at radius 2 is 2.00 bits per heavy atom. The maximum Gasteiger partial charge on any atom is 0.0861 e. The van der Waals surface area contributed by atoms with Crippen LogP contribution in [0.2, 0.25) is 0 Å². The molecule has 1 aliphatic heterocycles. The molecule has 0 amide bonds. The van der Waals surface area contributed by atoms with Crippen LogP contribution in [0.4, 0.5) is 0 Å². The van der Waals surface area contributed by atoms with Gasteiger partial charge in [0.05, 0.1) is 23.9 Å². The Morgan fingerprint density at radius 1 is 1.40 bits per heavy atom. The number of thioether (sulfide) groups is 1. The largest absolute Gasteiger partial charge is 0.394 e. The zero-order chi connectivity index (χ0) is 11.7. The maximum atomic E-state index is 9.31. The Hall–Kier alpha value is 0.230. The lowest BCUT2D eigenvalue weighted by Gasteiger charge is -2.27. The zero-order valence-electron chi connectivity index (χ0n) is 9.99. The van der Waals surface area contributed by atoms with E-state index >= 15 is 0 Å². The lowest BCUT2D eigenvalue weighted by Crippen LogP contribution is -2.32. The van der Waals surface area contributed by atoms with Gasteiger partial charge in [-0.3, -0.25) is 0 Å². The highest BCUT2D eigenvalue weighted by Gasteiger charge is 2.45. The summed E-state index contributed by atoms with van der Waals surface area (Å²) in [5, 5.41) is 18.4. The predicted octanol–water partition coefficient (Wildman–Crippen LogP) is 1.42. The van der Waals surface area contributed by atoms with Gasteiger partial charge in [0.2, 0.25) is 0 Å². The minimum Gasteiger partial charge on any atom is -0.394 e. The highest BCUT2D eigenvalue weighted by molar-refractivity contribution is 8.00. The van der Waals surface area contributed by atoms with Crippen LogP contribution in [0.1, 0.15) is 34.1 Å². The first-order valence-corrected chi connectivity index (χ1v) is 6.42. The normalized spacial score (nSPS) is 30.4. The lowest BCUT2D eigenvalue weighted by molar-refractivity contribution is -0.0631. The van der Waals surface area contributed by atoms with Crippen LogP contribution in [0.3, 0.4) is 0 Å². The van der Waals surface area contributed by atoms with Gasteiger partial charge in [-0.1, -0.05) is 0 Å². The Bertz CT molecular complexity index is 216. The van der Waals surface area contributed by atoms with Crippen molar-refractivity contribution in [3.63, 3.8) is 0 Å². The fraction of sp³-hybridized carbons (Fsp3) is 1.00. The number of rotatable bonds is 4. The van der Waals surface area contributed by atoms with Gasteiger partial charge in [-0.25, -0.2) is 0 Å². The van der Waals surface area contributed by atoms with Gasteiger partial charge in [0, 0.05) is 11.0 Å². The third kappa shape index (κ3) is 3.63. The van der Waals surface area contributed by atoms with Gasteiger partial charge in [0.25, 0.3) is 0 Å². The zero-order valence-corrected chi connectivity index (χ0v) is 10.8. The summed E-state index contributed by atoms with van der Waals surface area (Å²) in [4.78, 5) is 0. The molecule has 15 heavy (non-hydrogen) atoms. The van der Waals surface area contributed by atoms with Crippen LogP contribution in [-0.2, 0) is 4.74 Å². The Morgan fingerprint density at radius 3 is 2.40 bits per heavy atom. The van der Waals surface area contributed by atoms with E-state index in [1.54, 1.807) is 11.8 Å². The Labute approximate surface area is 96.2 Å². The van der Waals surface area contributed by atoms with Crippen molar-refractivity contribution in [1.29, 1.82) is 0 Å². The van der Waals surface area contributed by atoms with Crippen LogP contribution in [0.15, 0.2) is 0 Å². The molecule has 2 N–H and O–H groups in total. The molecule has 0 aromatic carbocycles. The van der Waals surface area contributed by atoms with Crippen molar-refractivity contribution in [2.45, 2.75) is 56.7 Å². The van der Waals surface area contributed by atoms with Crippen molar-refractivity contribution in [1.82, 2.24) is 0 Å². The fourth-order valence-electron chi connectivity index (χ4n) is 2.05. The molecule has 1 rings (SSSR count). The topological polar surface area (TPSA) is 49.7 Å². The summed E-state index contributed by atoms with van der Waals surface area (Å²) < 4.78 is 5.95. The minimum atomic E-state index is -0.616. The number of ether oxygens (including phenoxy) is 1. The second-order valence-electron chi connectivity index (χ2n) is 5.33. The highest BCUT2D eigenvalue weighted by Crippen LogP contribution is 2.43. The van der Waals surface area contributed by atoms with Crippen LogP contribution < -0.4 is 0 Å². The molecule has 0 spiro atoms. The molecule has 0 aromatic heterocycles. The van der Waals surface area contributed by atoms with Crippen LogP contribution in [-0.4, -0.2) is 45.1 Å². The first kappa shape index (κ1) is 13.3. The summed E-state index contributed by atoms with van der Waals surface area (Å²) in [6.07, 6.45) is 0.373. The van der Waals surface area contributed by atoms with E-state index < -0.39 is 6.10 Å². The molecule has 2 unspecified atom stereocenters. The summed E-state index contributed by atoms with van der Waals surface area (Å²) in [6, 6.07) is 0. The standard InChI is InChI=1S/C11H22O3S/c1-10(2)5-9(11(3,4)14-10)15-7-8(13)6-12/h8-9,12-13H,5-7H2,1-4H3. The van der Waals surface area contributed by atoms with Crippen LogP contribution >= 0.6 is 11.8 Å². The van der Waals surface area contributed by atoms with Crippen molar-refractivity contribution >= 4 is 11.8 Å². The number of hydrogen-bond donors (Lipinski definition) is 2. The molecule has 0 saturated carbocycles. The van der Waals surface area contributed by atoms with Crippen LogP contribution in [0, 0.1) is 0 Å². The maximum absolute atomic E-state index is 9.31. The predicted molar refractivity (Wildman–Crippen MR) is 63.2 cm³/mol. The second-order valence-corrected chi connectivity index (χ2v) is 6.56. The molecule has 3 nitrogen and oxygen atoms in total. The molecule has 1 saturated heterocycles. The lowest BCUT2D eigenvalue weighted by atomic mass is 10.0.